The van der Waals surface area contributed by atoms with Gasteiger partial charge in [-0.1, -0.05) is 0 Å². The highest BCUT2D eigenvalue weighted by Gasteiger charge is 2.17. The van der Waals surface area contributed by atoms with Crippen LogP contribution in [-0.2, 0) is 4.79 Å². The zero-order valence-corrected chi connectivity index (χ0v) is 9.62. The quantitative estimate of drug-likeness (QED) is 0.463. The summed E-state index contributed by atoms with van der Waals surface area (Å²) in [6.45, 7) is 2.73. The molecule has 17 heavy (non-hydrogen) atoms. The molecular weight excluding hydrogens is 227 g/mol. The summed E-state index contributed by atoms with van der Waals surface area (Å²) in [5, 5.41) is 20.1. The number of anilines is 1. The molecule has 0 aromatic heterocycles. The van der Waals surface area contributed by atoms with Gasteiger partial charge in [0.1, 0.15) is 11.9 Å². The molecule has 1 amide bonds. The van der Waals surface area contributed by atoms with Crippen molar-refractivity contribution in [1.82, 2.24) is 5.48 Å². The van der Waals surface area contributed by atoms with Gasteiger partial charge in [-0.05, 0) is 37.1 Å². The smallest absolute Gasteiger partial charge is 0.268 e. The van der Waals surface area contributed by atoms with Crippen LogP contribution in [0.15, 0.2) is 12.1 Å². The highest BCUT2D eigenvalue weighted by molar-refractivity contribution is 5.83. The average molecular weight is 242 g/mol. The zero-order chi connectivity index (χ0) is 13.0. The Balaban J connectivity index is 2.91. The van der Waals surface area contributed by atoms with Crippen LogP contribution >= 0.6 is 0 Å². The molecule has 5 nitrogen and oxygen atoms in total. The minimum Gasteiger partial charge on any atom is -0.394 e. The maximum Gasteiger partial charge on any atom is 0.268 e. The number of halogens is 1. The van der Waals surface area contributed by atoms with E-state index >= 15 is 0 Å². The number of aryl methyl sites for hydroxylation is 2. The van der Waals surface area contributed by atoms with Crippen LogP contribution in [0.2, 0.25) is 0 Å². The van der Waals surface area contributed by atoms with E-state index in [1.54, 1.807) is 13.8 Å². The normalized spacial score (nSPS) is 12.1. The van der Waals surface area contributed by atoms with Gasteiger partial charge in [0, 0.05) is 5.69 Å². The lowest BCUT2D eigenvalue weighted by molar-refractivity contribution is -0.130. The summed E-state index contributed by atoms with van der Waals surface area (Å²) >= 11 is 0. The van der Waals surface area contributed by atoms with Gasteiger partial charge >= 0.3 is 0 Å². The minimum atomic E-state index is -0.982. The van der Waals surface area contributed by atoms with Gasteiger partial charge in [0.2, 0.25) is 0 Å². The maximum atomic E-state index is 13.4. The topological polar surface area (TPSA) is 81.6 Å². The van der Waals surface area contributed by atoms with E-state index in [1.165, 1.54) is 17.6 Å². The van der Waals surface area contributed by atoms with Gasteiger partial charge in [0.05, 0.1) is 6.61 Å². The fourth-order valence-corrected chi connectivity index (χ4v) is 1.50. The minimum absolute atomic E-state index is 0.303. The Morgan fingerprint density at radius 2 is 1.94 bits per heavy atom. The number of aliphatic hydroxyl groups excluding tert-OH is 1. The molecule has 0 radical (unpaired) electrons. The molecule has 1 aromatic carbocycles. The van der Waals surface area contributed by atoms with Crippen molar-refractivity contribution in [3.05, 3.63) is 29.1 Å². The number of benzene rings is 1. The molecule has 0 fully saturated rings. The third kappa shape index (κ3) is 3.15. The van der Waals surface area contributed by atoms with E-state index in [2.05, 4.69) is 5.32 Å². The molecule has 0 aliphatic rings. The van der Waals surface area contributed by atoms with Gasteiger partial charge in [0.15, 0.2) is 0 Å². The molecular formula is C11H15FN2O3. The van der Waals surface area contributed by atoms with Crippen molar-refractivity contribution in [2.24, 2.45) is 0 Å². The number of carbonyl (C=O) groups is 1. The Labute approximate surface area is 98.2 Å². The molecule has 6 heteroatoms. The molecule has 0 bridgehead atoms. The number of amides is 1. The Morgan fingerprint density at radius 3 is 2.35 bits per heavy atom. The SMILES string of the molecule is Cc1cc(N[C@H](CO)C(=O)NO)cc(C)c1F. The second kappa shape index (κ2) is 5.60. The van der Waals surface area contributed by atoms with Crippen LogP contribution in [0.4, 0.5) is 10.1 Å². The molecule has 0 heterocycles. The number of hydrogen-bond donors (Lipinski definition) is 4. The van der Waals surface area contributed by atoms with Gasteiger partial charge in [-0.25, -0.2) is 9.87 Å². The van der Waals surface area contributed by atoms with Gasteiger partial charge in [-0.15, -0.1) is 0 Å². The number of rotatable bonds is 4. The summed E-state index contributed by atoms with van der Waals surface area (Å²) in [7, 11) is 0. The molecule has 4 N–H and O–H groups in total. The summed E-state index contributed by atoms with van der Waals surface area (Å²) in [5.41, 5.74) is 2.82. The van der Waals surface area contributed by atoms with Crippen LogP contribution in [-0.4, -0.2) is 28.9 Å². The molecule has 0 aliphatic carbocycles. The second-order valence-corrected chi connectivity index (χ2v) is 3.78. The van der Waals surface area contributed by atoms with Crippen LogP contribution in [0.1, 0.15) is 11.1 Å². The number of carbonyl (C=O) groups excluding carboxylic acids is 1. The number of aliphatic hydroxyl groups is 1. The van der Waals surface area contributed by atoms with Crippen molar-refractivity contribution in [1.29, 1.82) is 0 Å². The van der Waals surface area contributed by atoms with Crippen LogP contribution in [0.25, 0.3) is 0 Å². The van der Waals surface area contributed by atoms with Crippen LogP contribution in [0, 0.1) is 19.7 Å². The number of hydrogen-bond acceptors (Lipinski definition) is 4. The van der Waals surface area contributed by atoms with E-state index < -0.39 is 18.6 Å². The van der Waals surface area contributed by atoms with Crippen molar-refractivity contribution >= 4 is 11.6 Å². The predicted octanol–water partition coefficient (Wildman–Crippen LogP) is 0.721. The highest BCUT2D eigenvalue weighted by Crippen LogP contribution is 2.19. The standard InChI is InChI=1S/C11H15FN2O3/c1-6-3-8(4-7(2)10(6)12)13-9(5-15)11(16)14-17/h3-4,9,13,15,17H,5H2,1-2H3,(H,14,16)/t9-/m1/s1. The van der Waals surface area contributed by atoms with Gasteiger partial charge in [-0.2, -0.15) is 0 Å². The molecule has 1 atom stereocenters. The fraction of sp³-hybridized carbons (Fsp3) is 0.364. The zero-order valence-electron chi connectivity index (χ0n) is 9.62. The summed E-state index contributed by atoms with van der Waals surface area (Å²) < 4.78 is 13.4. The lowest BCUT2D eigenvalue weighted by atomic mass is 10.1. The first-order valence-corrected chi connectivity index (χ1v) is 5.07. The van der Waals surface area contributed by atoms with Gasteiger partial charge in [-0.3, -0.25) is 10.0 Å². The summed E-state index contributed by atoms with van der Waals surface area (Å²) in [4.78, 5) is 11.1. The van der Waals surface area contributed by atoms with Gasteiger partial charge < -0.3 is 10.4 Å². The molecule has 0 aliphatic heterocycles. The molecule has 0 spiro atoms. The maximum absolute atomic E-state index is 13.4. The van der Waals surface area contributed by atoms with Crippen molar-refractivity contribution in [2.75, 3.05) is 11.9 Å². The van der Waals surface area contributed by atoms with Gasteiger partial charge in [0.25, 0.3) is 5.91 Å². The van der Waals surface area contributed by atoms with Crippen molar-refractivity contribution in [3.8, 4) is 0 Å². The fourth-order valence-electron chi connectivity index (χ4n) is 1.50. The van der Waals surface area contributed by atoms with Crippen LogP contribution in [0.5, 0.6) is 0 Å². The first-order chi connectivity index (χ1) is 7.99. The average Bonchev–Trinajstić information content (AvgIpc) is 2.31. The van der Waals surface area contributed by atoms with E-state index in [1.807, 2.05) is 0 Å². The van der Waals surface area contributed by atoms with Crippen LogP contribution in [0.3, 0.4) is 0 Å². The van der Waals surface area contributed by atoms with E-state index in [4.69, 9.17) is 10.3 Å². The van der Waals surface area contributed by atoms with Crippen molar-refractivity contribution in [3.63, 3.8) is 0 Å². The van der Waals surface area contributed by atoms with Crippen molar-refractivity contribution < 1.29 is 19.5 Å². The first-order valence-electron chi connectivity index (χ1n) is 5.07. The molecule has 0 saturated carbocycles. The Morgan fingerprint density at radius 1 is 1.41 bits per heavy atom. The predicted molar refractivity (Wildman–Crippen MR) is 60.3 cm³/mol. The third-order valence-electron chi connectivity index (χ3n) is 2.39. The van der Waals surface area contributed by atoms with E-state index in [9.17, 15) is 9.18 Å². The highest BCUT2D eigenvalue weighted by atomic mass is 19.1. The van der Waals surface area contributed by atoms with E-state index in [0.717, 1.165) is 0 Å². The molecule has 0 saturated heterocycles. The number of nitrogens with one attached hydrogen (secondary N) is 2. The molecule has 1 rings (SSSR count). The third-order valence-corrected chi connectivity index (χ3v) is 2.39. The monoisotopic (exact) mass is 242 g/mol. The van der Waals surface area contributed by atoms with E-state index in [-0.39, 0.29) is 5.82 Å². The largest absolute Gasteiger partial charge is 0.394 e. The lowest BCUT2D eigenvalue weighted by Crippen LogP contribution is -2.40. The lowest BCUT2D eigenvalue weighted by Gasteiger charge is -2.16. The summed E-state index contributed by atoms with van der Waals surface area (Å²) in [5.74, 6) is -1.06. The molecule has 0 unspecified atom stereocenters. The Hall–Kier alpha value is -1.66. The molecule has 94 valence electrons. The van der Waals surface area contributed by atoms with Crippen LogP contribution < -0.4 is 10.8 Å². The summed E-state index contributed by atoms with van der Waals surface area (Å²) in [6, 6.07) is 2.06. The Kier molecular flexibility index (Phi) is 4.42. The molecule has 1 aromatic rings. The van der Waals surface area contributed by atoms with E-state index in [0.29, 0.717) is 16.8 Å². The summed E-state index contributed by atoms with van der Waals surface area (Å²) in [6.07, 6.45) is 0. The van der Waals surface area contributed by atoms with Crippen molar-refractivity contribution in [2.45, 2.75) is 19.9 Å². The Bertz CT molecular complexity index is 400. The number of hydroxylamine groups is 1. The second-order valence-electron chi connectivity index (χ2n) is 3.78. The first kappa shape index (κ1) is 13.4.